The minimum atomic E-state index is -0.637. The highest BCUT2D eigenvalue weighted by Crippen LogP contribution is 2.34. The van der Waals surface area contributed by atoms with Crippen molar-refractivity contribution in [2.45, 2.75) is 20.8 Å². The van der Waals surface area contributed by atoms with Crippen LogP contribution < -0.4 is 32.3 Å². The molecule has 0 amide bonds. The van der Waals surface area contributed by atoms with E-state index in [2.05, 4.69) is 15.1 Å². The van der Waals surface area contributed by atoms with Crippen molar-refractivity contribution >= 4 is 45.5 Å². The summed E-state index contributed by atoms with van der Waals surface area (Å²) in [5.74, 6) is -0.530. The van der Waals surface area contributed by atoms with Crippen molar-refractivity contribution in [1.29, 1.82) is 0 Å². The predicted molar refractivity (Wildman–Crippen MR) is 196 cm³/mol. The molecule has 284 valence electrons. The molecule has 7 N–H and O–H groups in total. The molecule has 6 rings (SSSR count). The number of nitrogens with zero attached hydrogens (tertiary/aromatic N) is 5. The van der Waals surface area contributed by atoms with E-state index in [4.69, 9.17) is 31.4 Å². The molecule has 0 atom stereocenters. The number of hydrogen-bond acceptors (Lipinski definition) is 15. The maximum atomic E-state index is 12.7. The number of benzene rings is 3. The Labute approximate surface area is 300 Å². The van der Waals surface area contributed by atoms with Gasteiger partial charge in [0.1, 0.15) is 22.9 Å². The number of nitrogen functional groups attached to an aromatic ring is 3. The van der Waals surface area contributed by atoms with Crippen LogP contribution in [0.2, 0.25) is 0 Å². The van der Waals surface area contributed by atoms with E-state index in [-0.39, 0.29) is 39.7 Å². The molecule has 3 aliphatic heterocycles. The van der Waals surface area contributed by atoms with E-state index in [1.165, 1.54) is 19.1 Å². The number of hydrogen-bond donors (Lipinski definition) is 4. The molecule has 19 heteroatoms. The van der Waals surface area contributed by atoms with E-state index in [0.717, 1.165) is 87.1 Å². The van der Waals surface area contributed by atoms with Crippen LogP contribution in [0.4, 0.5) is 49.9 Å². The first kappa shape index (κ1) is 41.1. The highest BCUT2D eigenvalue weighted by atomic mass is 19.1. The average Bonchev–Trinajstić information content (AvgIpc) is 3.14. The van der Waals surface area contributed by atoms with Gasteiger partial charge in [-0.25, -0.2) is 4.39 Å². The fraction of sp³-hybridized carbons (Fsp3) is 0.455. The summed E-state index contributed by atoms with van der Waals surface area (Å²) in [6.07, 6.45) is 0. The first-order valence-electron chi connectivity index (χ1n) is 16.5. The highest BCUT2D eigenvalue weighted by molar-refractivity contribution is 5.74. The number of halogens is 1. The molecule has 0 spiro atoms. The van der Waals surface area contributed by atoms with Gasteiger partial charge in [-0.15, -0.1) is 0 Å². The lowest BCUT2D eigenvalue weighted by atomic mass is 10.1. The van der Waals surface area contributed by atoms with Gasteiger partial charge in [0.2, 0.25) is 0 Å². The van der Waals surface area contributed by atoms with Crippen LogP contribution in [0.5, 0.6) is 0 Å². The molecule has 3 saturated heterocycles. The second-order valence-corrected chi connectivity index (χ2v) is 11.7. The summed E-state index contributed by atoms with van der Waals surface area (Å²) in [6.45, 7) is 14.7. The summed E-state index contributed by atoms with van der Waals surface area (Å²) in [7, 11) is 0. The van der Waals surface area contributed by atoms with Crippen LogP contribution in [-0.4, -0.2) is 93.7 Å². The lowest BCUT2D eigenvalue weighted by molar-refractivity contribution is -0.384. The maximum absolute atomic E-state index is 12.7. The molecule has 3 aromatic carbocycles. The van der Waals surface area contributed by atoms with Gasteiger partial charge in [-0.05, 0) is 39.0 Å². The average molecular weight is 732 g/mol. The van der Waals surface area contributed by atoms with E-state index in [0.29, 0.717) is 26.4 Å². The van der Waals surface area contributed by atoms with Crippen molar-refractivity contribution in [3.05, 3.63) is 89.2 Å². The minimum Gasteiger partial charge on any atom is -0.393 e. The fourth-order valence-electron chi connectivity index (χ4n) is 5.38. The molecular formula is C33H46FN9O9. The van der Waals surface area contributed by atoms with Crippen LogP contribution in [0.3, 0.4) is 0 Å². The van der Waals surface area contributed by atoms with Crippen LogP contribution in [0.15, 0.2) is 36.4 Å². The summed E-state index contributed by atoms with van der Waals surface area (Å²) < 4.78 is 28.3. The predicted octanol–water partition coefficient (Wildman–Crippen LogP) is 3.87. The summed E-state index contributed by atoms with van der Waals surface area (Å²) in [4.78, 5) is 34.5. The van der Waals surface area contributed by atoms with Gasteiger partial charge in [0, 0.05) is 85.5 Å². The molecular weight excluding hydrogens is 685 g/mol. The Hall–Kier alpha value is -5.37. The molecule has 0 saturated carbocycles. The topological polar surface area (TPSA) is 254 Å². The largest absolute Gasteiger partial charge is 0.393 e. The van der Waals surface area contributed by atoms with Crippen molar-refractivity contribution in [3.63, 3.8) is 0 Å². The van der Waals surface area contributed by atoms with Gasteiger partial charge in [0.05, 0.1) is 54.4 Å². The van der Waals surface area contributed by atoms with Crippen molar-refractivity contribution in [2.75, 3.05) is 106 Å². The van der Waals surface area contributed by atoms with Crippen LogP contribution >= 0.6 is 0 Å². The lowest BCUT2D eigenvalue weighted by Crippen LogP contribution is -2.36. The number of nitro benzene ring substituents is 3. The van der Waals surface area contributed by atoms with Crippen LogP contribution in [-0.2, 0) is 14.2 Å². The molecule has 0 unspecified atom stereocenters. The molecule has 3 fully saturated rings. The second kappa shape index (κ2) is 19.9. The highest BCUT2D eigenvalue weighted by Gasteiger charge is 2.21. The van der Waals surface area contributed by atoms with Gasteiger partial charge in [0.25, 0.3) is 17.1 Å². The van der Waals surface area contributed by atoms with Gasteiger partial charge in [-0.3, -0.25) is 30.3 Å². The zero-order chi connectivity index (χ0) is 38.4. The standard InChI is InChI=1S/2C11H15N3O3.C7H7FN2O2.C4H9NO/c2*1-8-9(13-4-6-17-7-5-13)2-3-10(11(8)12)14(15)16;1-4-5(8)2-3-6(7(4)9)10(11)12;1-3-6-4-2-5-1/h2*2-3H,4-7,12H2,1H3;2-3H,9H2,1H3;5H,1-4H2. The van der Waals surface area contributed by atoms with Gasteiger partial charge in [0.15, 0.2) is 0 Å². The third-order valence-electron chi connectivity index (χ3n) is 8.49. The van der Waals surface area contributed by atoms with Gasteiger partial charge in [-0.2, -0.15) is 0 Å². The van der Waals surface area contributed by atoms with E-state index in [1.807, 2.05) is 13.8 Å². The van der Waals surface area contributed by atoms with E-state index >= 15 is 0 Å². The molecule has 52 heavy (non-hydrogen) atoms. The Morgan fingerprint density at radius 3 is 1.21 bits per heavy atom. The van der Waals surface area contributed by atoms with E-state index in [1.54, 1.807) is 12.1 Å². The fourth-order valence-corrected chi connectivity index (χ4v) is 5.38. The first-order chi connectivity index (χ1) is 24.8. The summed E-state index contributed by atoms with van der Waals surface area (Å²) in [6, 6.07) is 8.53. The number of nitro groups is 3. The van der Waals surface area contributed by atoms with Crippen LogP contribution in [0.1, 0.15) is 16.7 Å². The first-order valence-corrected chi connectivity index (χ1v) is 16.5. The van der Waals surface area contributed by atoms with Gasteiger partial charge < -0.3 is 46.5 Å². The summed E-state index contributed by atoms with van der Waals surface area (Å²) >= 11 is 0. The number of ether oxygens (including phenoxy) is 3. The summed E-state index contributed by atoms with van der Waals surface area (Å²) in [5.41, 5.74) is 20.5. The van der Waals surface area contributed by atoms with E-state index < -0.39 is 20.6 Å². The number of anilines is 5. The van der Waals surface area contributed by atoms with Crippen LogP contribution in [0, 0.1) is 56.9 Å². The van der Waals surface area contributed by atoms with Crippen LogP contribution in [0.25, 0.3) is 0 Å². The molecule has 3 aliphatic rings. The van der Waals surface area contributed by atoms with Crippen molar-refractivity contribution in [1.82, 2.24) is 5.32 Å². The van der Waals surface area contributed by atoms with Gasteiger partial charge >= 0.3 is 0 Å². The third-order valence-corrected chi connectivity index (χ3v) is 8.49. The Bertz CT molecular complexity index is 1600. The molecule has 0 bridgehead atoms. The number of nitrogens with one attached hydrogen (secondary N) is 1. The molecule has 3 aromatic rings. The monoisotopic (exact) mass is 731 g/mol. The van der Waals surface area contributed by atoms with Crippen molar-refractivity contribution < 1.29 is 33.4 Å². The zero-order valence-corrected chi connectivity index (χ0v) is 29.5. The number of morpholine rings is 3. The lowest BCUT2D eigenvalue weighted by Gasteiger charge is -2.30. The minimum absolute atomic E-state index is 0.0282. The Morgan fingerprint density at radius 1 is 0.577 bits per heavy atom. The maximum Gasteiger partial charge on any atom is 0.292 e. The number of rotatable bonds is 5. The summed E-state index contributed by atoms with van der Waals surface area (Å²) in [5, 5.41) is 35.0. The van der Waals surface area contributed by atoms with E-state index in [9.17, 15) is 34.7 Å². The zero-order valence-electron chi connectivity index (χ0n) is 29.5. The normalized spacial score (nSPS) is 15.5. The van der Waals surface area contributed by atoms with Crippen molar-refractivity contribution in [3.8, 4) is 0 Å². The second-order valence-electron chi connectivity index (χ2n) is 11.7. The molecule has 18 nitrogen and oxygen atoms in total. The molecule has 0 radical (unpaired) electrons. The Kier molecular flexibility index (Phi) is 15.7. The quantitative estimate of drug-likeness (QED) is 0.165. The Morgan fingerprint density at radius 2 is 0.904 bits per heavy atom. The molecule has 0 aromatic heterocycles. The third kappa shape index (κ3) is 11.1. The molecule has 0 aliphatic carbocycles. The smallest absolute Gasteiger partial charge is 0.292 e. The van der Waals surface area contributed by atoms with Gasteiger partial charge in [-0.1, -0.05) is 0 Å². The Balaban J connectivity index is 0.000000197. The number of nitrogens with two attached hydrogens (primary N) is 3. The SMILES string of the molecule is C1COCCN1.Cc1c(F)ccc([N+](=O)[O-])c1N.Cc1c(N2CCOCC2)ccc([N+](=O)[O-])c1N.Cc1c(N2CCOCC2)ccc([N+](=O)[O-])c1N. The van der Waals surface area contributed by atoms with Crippen molar-refractivity contribution in [2.24, 2.45) is 0 Å². The molecule has 3 heterocycles.